The fourth-order valence-electron chi connectivity index (χ4n) is 2.50. The topological polar surface area (TPSA) is 57.1 Å². The monoisotopic (exact) mass is 435 g/mol. The highest BCUT2D eigenvalue weighted by Gasteiger charge is 2.37. The first-order valence-corrected chi connectivity index (χ1v) is 10.7. The van der Waals surface area contributed by atoms with Crippen molar-refractivity contribution in [3.8, 4) is 11.5 Å². The summed E-state index contributed by atoms with van der Waals surface area (Å²) in [4.78, 5) is 4.18. The molecule has 5 nitrogen and oxygen atoms in total. The minimum atomic E-state index is -4.65. The molecule has 0 fully saturated rings. The summed E-state index contributed by atoms with van der Waals surface area (Å²) in [6, 6.07) is 3.80. The number of benzene rings is 1. The molecule has 0 spiro atoms. The van der Waals surface area contributed by atoms with Gasteiger partial charge in [0.25, 0.3) is 0 Å². The van der Waals surface area contributed by atoms with E-state index in [1.807, 2.05) is 45.1 Å². The number of hydrogen-bond donors (Lipinski definition) is 0. The highest BCUT2D eigenvalue weighted by Crippen LogP contribution is 2.28. The molecule has 0 amide bonds. The Hall–Kier alpha value is -2.03. The second-order valence-corrected chi connectivity index (χ2v) is 7.90. The molecular weight excluding hydrogens is 407 g/mol. The van der Waals surface area contributed by atoms with Crippen LogP contribution in [0.1, 0.15) is 30.9 Å². The van der Waals surface area contributed by atoms with Crippen LogP contribution in [0.5, 0.6) is 11.5 Å². The molecule has 9 heteroatoms. The molecule has 29 heavy (non-hydrogen) atoms. The van der Waals surface area contributed by atoms with Crippen molar-refractivity contribution in [2.75, 3.05) is 31.8 Å². The van der Waals surface area contributed by atoms with Crippen LogP contribution in [0.15, 0.2) is 29.4 Å². The molecule has 1 atom stereocenters. The van der Waals surface area contributed by atoms with Crippen LogP contribution in [0, 0.1) is 13.8 Å². The van der Waals surface area contributed by atoms with Gasteiger partial charge in [0.05, 0.1) is 12.4 Å². The van der Waals surface area contributed by atoms with Crippen LogP contribution < -0.4 is 9.47 Å². The van der Waals surface area contributed by atoms with E-state index in [-0.39, 0.29) is 5.75 Å². The van der Waals surface area contributed by atoms with Crippen molar-refractivity contribution in [1.82, 2.24) is 0 Å². The minimum Gasteiger partial charge on any atom is -0.493 e. The predicted molar refractivity (Wildman–Crippen MR) is 109 cm³/mol. The van der Waals surface area contributed by atoms with Crippen LogP contribution in [0.25, 0.3) is 0 Å². The Morgan fingerprint density at radius 1 is 1.17 bits per heavy atom. The van der Waals surface area contributed by atoms with E-state index in [1.54, 1.807) is 0 Å². The maximum Gasteiger partial charge on any atom is 0.433 e. The van der Waals surface area contributed by atoms with Crippen molar-refractivity contribution in [3.05, 3.63) is 35.4 Å². The van der Waals surface area contributed by atoms with E-state index < -0.39 is 28.4 Å². The maximum atomic E-state index is 12.7. The van der Waals surface area contributed by atoms with Crippen LogP contribution in [-0.4, -0.2) is 47.9 Å². The number of alkyl halides is 3. The number of halogens is 3. The lowest BCUT2D eigenvalue weighted by Crippen LogP contribution is -2.29. The number of hydrogen-bond acceptors (Lipinski definition) is 5. The molecule has 0 aliphatic heterocycles. The molecule has 0 N–H and O–H groups in total. The number of nitrogens with zero attached hydrogens (tertiary/aromatic N) is 1. The van der Waals surface area contributed by atoms with E-state index in [0.717, 1.165) is 29.7 Å². The molecule has 164 valence electrons. The summed E-state index contributed by atoms with van der Waals surface area (Å²) >= 11 is 0. The average molecular weight is 436 g/mol. The van der Waals surface area contributed by atoms with E-state index in [9.17, 15) is 17.4 Å². The van der Waals surface area contributed by atoms with Crippen LogP contribution in [0.3, 0.4) is 0 Å². The van der Waals surface area contributed by atoms with Crippen molar-refractivity contribution >= 4 is 16.5 Å². The highest BCUT2D eigenvalue weighted by molar-refractivity contribution is 7.85. The van der Waals surface area contributed by atoms with E-state index in [4.69, 9.17) is 9.47 Å². The fraction of sp³-hybridized carbons (Fsp3) is 0.550. The van der Waals surface area contributed by atoms with Crippen molar-refractivity contribution < 1.29 is 31.7 Å². The number of aryl methyl sites for hydroxylation is 2. The Kier molecular flexibility index (Phi) is 10.8. The van der Waals surface area contributed by atoms with Crippen molar-refractivity contribution in [2.45, 2.75) is 39.8 Å². The third-order valence-electron chi connectivity index (χ3n) is 3.85. The first kappa shape index (κ1) is 25.0. The second kappa shape index (κ2) is 12.5. The van der Waals surface area contributed by atoms with Gasteiger partial charge in [-0.1, -0.05) is 17.3 Å². The predicted octanol–water partition coefficient (Wildman–Crippen LogP) is 4.73. The van der Waals surface area contributed by atoms with Gasteiger partial charge in [-0.2, -0.15) is 13.2 Å². The van der Waals surface area contributed by atoms with Crippen LogP contribution >= 0.6 is 0 Å². The van der Waals surface area contributed by atoms with Gasteiger partial charge in [0.1, 0.15) is 25.2 Å². The normalized spacial score (nSPS) is 13.6. The fourth-order valence-corrected chi connectivity index (χ4v) is 3.69. The van der Waals surface area contributed by atoms with Gasteiger partial charge in [-0.15, -0.1) is 0 Å². The largest absolute Gasteiger partial charge is 0.493 e. The molecule has 1 aromatic carbocycles. The quantitative estimate of drug-likeness (QED) is 0.206. The molecule has 1 unspecified atom stereocenters. The summed E-state index contributed by atoms with van der Waals surface area (Å²) in [6.45, 7) is 6.66. The Morgan fingerprint density at radius 2 is 1.83 bits per heavy atom. The van der Waals surface area contributed by atoms with Crippen molar-refractivity contribution in [3.63, 3.8) is 0 Å². The molecule has 0 bridgehead atoms. The lowest BCUT2D eigenvalue weighted by atomic mass is 10.1. The summed E-state index contributed by atoms with van der Waals surface area (Å²) in [7, 11) is -0.646. The number of unbranched alkanes of at least 4 members (excludes halogenated alkanes) is 1. The number of rotatable bonds is 12. The van der Waals surface area contributed by atoms with Crippen molar-refractivity contribution in [1.29, 1.82) is 0 Å². The molecule has 0 aliphatic carbocycles. The standard InChI is InChI=1S/C20H28F3NO4S/c1-5-6-9-27-17-12-15(2)19(16(3)13-17)28-10-7-8-11-29(25)14-18(24-26-4)20(21,22)23/h5-6,12-13H,7-11,14H2,1-4H3/b6-5+,24-18-. The summed E-state index contributed by atoms with van der Waals surface area (Å²) in [5, 5.41) is 2.93. The molecule has 0 aromatic heterocycles. The summed E-state index contributed by atoms with van der Waals surface area (Å²) in [5.74, 6) is 0.985. The van der Waals surface area contributed by atoms with Crippen molar-refractivity contribution in [2.24, 2.45) is 5.16 Å². The second-order valence-electron chi connectivity index (χ2n) is 6.33. The third-order valence-corrected chi connectivity index (χ3v) is 5.19. The highest BCUT2D eigenvalue weighted by atomic mass is 32.2. The van der Waals surface area contributed by atoms with Gasteiger partial charge in [0, 0.05) is 16.6 Å². The van der Waals surface area contributed by atoms with Gasteiger partial charge in [-0.25, -0.2) is 0 Å². The lowest BCUT2D eigenvalue weighted by Gasteiger charge is -2.14. The zero-order valence-corrected chi connectivity index (χ0v) is 18.0. The lowest BCUT2D eigenvalue weighted by molar-refractivity contribution is -0.0618. The summed E-state index contributed by atoms with van der Waals surface area (Å²) in [6.07, 6.45) is 0.239. The van der Waals surface area contributed by atoms with Crippen LogP contribution in [0.4, 0.5) is 13.2 Å². The number of ether oxygens (including phenoxy) is 2. The van der Waals surface area contributed by atoms with Gasteiger partial charge >= 0.3 is 6.18 Å². The van der Waals surface area contributed by atoms with E-state index in [0.29, 0.717) is 26.1 Å². The van der Waals surface area contributed by atoms with E-state index >= 15 is 0 Å². The maximum absolute atomic E-state index is 12.7. The molecule has 1 rings (SSSR count). The Morgan fingerprint density at radius 3 is 2.38 bits per heavy atom. The van der Waals surface area contributed by atoms with Gasteiger partial charge in [0.2, 0.25) is 0 Å². The van der Waals surface area contributed by atoms with E-state index in [2.05, 4.69) is 9.99 Å². The van der Waals surface area contributed by atoms with Gasteiger partial charge in [-0.3, -0.25) is 4.21 Å². The smallest absolute Gasteiger partial charge is 0.433 e. The zero-order chi connectivity index (χ0) is 21.9. The minimum absolute atomic E-state index is 0.137. The molecule has 0 saturated heterocycles. The molecular formula is C20H28F3NO4S. The number of oxime groups is 1. The summed E-state index contributed by atoms with van der Waals surface area (Å²) < 4.78 is 61.5. The van der Waals surface area contributed by atoms with E-state index in [1.165, 1.54) is 0 Å². The molecule has 1 aromatic rings. The Bertz CT molecular complexity index is 710. The Labute approximate surface area is 172 Å². The first-order valence-electron chi connectivity index (χ1n) is 9.19. The van der Waals surface area contributed by atoms with Gasteiger partial charge in [-0.05, 0) is 56.9 Å². The average Bonchev–Trinajstić information content (AvgIpc) is 2.62. The Balaban J connectivity index is 2.45. The van der Waals surface area contributed by atoms with Crippen LogP contribution in [0.2, 0.25) is 0 Å². The summed E-state index contributed by atoms with van der Waals surface area (Å²) in [5.41, 5.74) is 0.710. The van der Waals surface area contributed by atoms with Gasteiger partial charge < -0.3 is 14.3 Å². The molecule has 0 saturated carbocycles. The first-order chi connectivity index (χ1) is 13.7. The van der Waals surface area contributed by atoms with Crippen LogP contribution in [-0.2, 0) is 15.6 Å². The SMILES string of the molecule is C/C=C/COc1cc(C)c(OCCCCS(=O)C/C(=N/OC)C(F)(F)F)c(C)c1. The molecule has 0 heterocycles. The zero-order valence-electron chi connectivity index (χ0n) is 17.2. The number of allylic oxidation sites excluding steroid dienone is 1. The third kappa shape index (κ3) is 9.34. The molecule has 0 radical (unpaired) electrons. The molecule has 0 aliphatic rings. The van der Waals surface area contributed by atoms with Gasteiger partial charge in [0.15, 0.2) is 5.71 Å².